The second kappa shape index (κ2) is 67.1. The second-order valence-corrected chi connectivity index (χ2v) is 22.7. The van der Waals surface area contributed by atoms with Crippen LogP contribution in [0.1, 0.15) is 342 Å². The highest BCUT2D eigenvalue weighted by Crippen LogP contribution is 2.18. The molecule has 0 bridgehead atoms. The number of ether oxygens (including phenoxy) is 3. The normalized spacial score (nSPS) is 12.6. The number of hydrogen-bond acceptors (Lipinski definition) is 6. The monoisotopic (exact) mass is 1100 g/mol. The molecule has 1 atom stereocenters. The third kappa shape index (κ3) is 65.3. The van der Waals surface area contributed by atoms with Gasteiger partial charge in [-0.2, -0.15) is 0 Å². The summed E-state index contributed by atoms with van der Waals surface area (Å²) in [6.07, 6.45) is 89.5. The van der Waals surface area contributed by atoms with Crippen molar-refractivity contribution in [1.29, 1.82) is 0 Å². The molecule has 456 valence electrons. The van der Waals surface area contributed by atoms with Crippen molar-refractivity contribution in [3.63, 3.8) is 0 Å². The van der Waals surface area contributed by atoms with E-state index in [0.717, 1.165) is 128 Å². The van der Waals surface area contributed by atoms with E-state index in [2.05, 4.69) is 106 Å². The average molecular weight is 1100 g/mol. The molecule has 79 heavy (non-hydrogen) atoms. The minimum Gasteiger partial charge on any atom is -0.462 e. The molecule has 1 unspecified atom stereocenters. The first-order valence-electron chi connectivity index (χ1n) is 34.1. The minimum absolute atomic E-state index is 0.0818. The van der Waals surface area contributed by atoms with E-state index in [4.69, 9.17) is 14.2 Å². The van der Waals surface area contributed by atoms with Gasteiger partial charge in [-0.3, -0.25) is 14.4 Å². The van der Waals surface area contributed by atoms with Crippen molar-refractivity contribution < 1.29 is 28.6 Å². The Morgan fingerprint density at radius 3 is 0.772 bits per heavy atom. The number of carbonyl (C=O) groups excluding carboxylic acids is 3. The van der Waals surface area contributed by atoms with Gasteiger partial charge in [0.1, 0.15) is 13.2 Å². The van der Waals surface area contributed by atoms with Gasteiger partial charge >= 0.3 is 17.9 Å². The molecule has 0 aliphatic rings. The first kappa shape index (κ1) is 75.6. The minimum atomic E-state index is -0.784. The molecule has 0 rings (SSSR count). The summed E-state index contributed by atoms with van der Waals surface area (Å²) < 4.78 is 16.8. The summed E-state index contributed by atoms with van der Waals surface area (Å²) in [5, 5.41) is 0. The topological polar surface area (TPSA) is 78.9 Å². The van der Waals surface area contributed by atoms with Crippen LogP contribution in [0.15, 0.2) is 85.1 Å². The molecule has 6 nitrogen and oxygen atoms in total. The van der Waals surface area contributed by atoms with Crippen molar-refractivity contribution >= 4 is 17.9 Å². The Hall–Kier alpha value is -3.41. The Balaban J connectivity index is 4.03. The molecular weight excluding hydrogens is 973 g/mol. The van der Waals surface area contributed by atoms with Crippen LogP contribution in [-0.2, 0) is 28.6 Å². The van der Waals surface area contributed by atoms with Crippen molar-refractivity contribution in [2.24, 2.45) is 0 Å². The number of rotatable bonds is 62. The zero-order valence-electron chi connectivity index (χ0n) is 52.4. The first-order valence-corrected chi connectivity index (χ1v) is 34.1. The fraction of sp³-hybridized carbons (Fsp3) is 0.767. The van der Waals surface area contributed by atoms with Crippen molar-refractivity contribution in [2.75, 3.05) is 13.2 Å². The number of hydrogen-bond donors (Lipinski definition) is 0. The molecule has 0 heterocycles. The van der Waals surface area contributed by atoms with Gasteiger partial charge < -0.3 is 14.2 Å². The highest BCUT2D eigenvalue weighted by atomic mass is 16.6. The molecule has 0 saturated carbocycles. The summed E-state index contributed by atoms with van der Waals surface area (Å²) in [6, 6.07) is 0. The lowest BCUT2D eigenvalue weighted by Gasteiger charge is -2.18. The van der Waals surface area contributed by atoms with Crippen LogP contribution >= 0.6 is 0 Å². The maximum absolute atomic E-state index is 12.8. The third-order valence-corrected chi connectivity index (χ3v) is 14.9. The van der Waals surface area contributed by atoms with Crippen LogP contribution in [0.25, 0.3) is 0 Å². The molecular formula is C73H128O6. The first-order chi connectivity index (χ1) is 39.0. The van der Waals surface area contributed by atoms with Gasteiger partial charge in [0.15, 0.2) is 6.10 Å². The molecule has 0 aromatic rings. The summed E-state index contributed by atoms with van der Waals surface area (Å²) in [6.45, 7) is 6.47. The lowest BCUT2D eigenvalue weighted by atomic mass is 10.0. The average Bonchev–Trinajstić information content (AvgIpc) is 3.45. The molecule has 0 aromatic heterocycles. The summed E-state index contributed by atoms with van der Waals surface area (Å²) in [4.78, 5) is 38.0. The highest BCUT2D eigenvalue weighted by Gasteiger charge is 2.19. The number of allylic oxidation sites excluding steroid dienone is 14. The molecule has 0 spiro atoms. The predicted octanol–water partition coefficient (Wildman–Crippen LogP) is 23.4. The Morgan fingerprint density at radius 2 is 0.494 bits per heavy atom. The summed E-state index contributed by atoms with van der Waals surface area (Å²) in [7, 11) is 0. The largest absolute Gasteiger partial charge is 0.462 e. The second-order valence-electron chi connectivity index (χ2n) is 22.7. The Morgan fingerprint density at radius 1 is 0.266 bits per heavy atom. The Bertz CT molecular complexity index is 1500. The third-order valence-electron chi connectivity index (χ3n) is 14.9. The fourth-order valence-electron chi connectivity index (χ4n) is 9.84. The van der Waals surface area contributed by atoms with Gasteiger partial charge in [0.25, 0.3) is 0 Å². The molecule has 0 saturated heterocycles. The van der Waals surface area contributed by atoms with Crippen LogP contribution < -0.4 is 0 Å². The SMILES string of the molecule is CC/C=C\C/C=C\C/C=C\C/C=C\C/C=C\C/C=C\C/C=C\CCCCCCCC(=O)OC(COC(=O)CCCCCCC)COC(=O)CCCCCCCCCCCCCCCCCCCCCCCCCCCCCCC. The zero-order chi connectivity index (χ0) is 57.1. The van der Waals surface area contributed by atoms with Crippen LogP contribution in [0.2, 0.25) is 0 Å². The zero-order valence-corrected chi connectivity index (χ0v) is 52.4. The summed E-state index contributed by atoms with van der Waals surface area (Å²) >= 11 is 0. The van der Waals surface area contributed by atoms with E-state index in [9.17, 15) is 14.4 Å². The van der Waals surface area contributed by atoms with Gasteiger partial charge in [-0.05, 0) is 77.0 Å². The maximum atomic E-state index is 12.8. The quantitative estimate of drug-likeness (QED) is 0.0261. The van der Waals surface area contributed by atoms with Gasteiger partial charge in [-0.25, -0.2) is 0 Å². The van der Waals surface area contributed by atoms with Gasteiger partial charge in [-0.1, -0.05) is 331 Å². The number of carbonyl (C=O) groups is 3. The summed E-state index contributed by atoms with van der Waals surface area (Å²) in [5.41, 5.74) is 0. The van der Waals surface area contributed by atoms with E-state index in [1.165, 1.54) is 173 Å². The molecule has 0 radical (unpaired) electrons. The van der Waals surface area contributed by atoms with Gasteiger partial charge in [-0.15, -0.1) is 0 Å². The Labute approximate surface area is 490 Å². The smallest absolute Gasteiger partial charge is 0.306 e. The van der Waals surface area contributed by atoms with E-state index in [1.54, 1.807) is 0 Å². The lowest BCUT2D eigenvalue weighted by molar-refractivity contribution is -0.167. The van der Waals surface area contributed by atoms with Gasteiger partial charge in [0.05, 0.1) is 0 Å². The molecule has 0 aliphatic heterocycles. The predicted molar refractivity (Wildman–Crippen MR) is 344 cm³/mol. The van der Waals surface area contributed by atoms with E-state index in [-0.39, 0.29) is 31.1 Å². The summed E-state index contributed by atoms with van der Waals surface area (Å²) in [5.74, 6) is -0.903. The Kier molecular flexibility index (Phi) is 64.2. The van der Waals surface area contributed by atoms with Gasteiger partial charge in [0, 0.05) is 19.3 Å². The molecule has 0 amide bonds. The van der Waals surface area contributed by atoms with Crippen LogP contribution in [0, 0.1) is 0 Å². The standard InChI is InChI=1S/C73H128O6/c1-4-7-10-13-15-17-19-21-23-25-27-29-31-33-35-36-38-39-41-43-45-47-49-51-53-55-57-60-63-66-72(75)78-69-70(68-77-71(74)65-62-59-12-9-6-3)79-73(76)67-64-61-58-56-54-52-50-48-46-44-42-40-37-34-32-30-28-26-24-22-20-18-16-14-11-8-5-2/h8,11,16,18,22,24,28,30,34,37,42,44,48,50,70H,4-7,9-10,12-15,17,19-21,23,25-27,29,31-33,35-36,38-41,43,45-47,49,51-69H2,1-3H3/b11-8-,18-16-,24-22-,30-28-,37-34-,44-42-,50-48-. The van der Waals surface area contributed by atoms with E-state index >= 15 is 0 Å². The van der Waals surface area contributed by atoms with Crippen LogP contribution in [-0.4, -0.2) is 37.2 Å². The van der Waals surface area contributed by atoms with Crippen LogP contribution in [0.4, 0.5) is 0 Å². The molecule has 6 heteroatoms. The van der Waals surface area contributed by atoms with E-state index in [0.29, 0.717) is 19.3 Å². The van der Waals surface area contributed by atoms with E-state index < -0.39 is 6.10 Å². The van der Waals surface area contributed by atoms with Crippen molar-refractivity contribution in [2.45, 2.75) is 348 Å². The molecule has 0 aliphatic carbocycles. The van der Waals surface area contributed by atoms with Crippen LogP contribution in [0.3, 0.4) is 0 Å². The fourth-order valence-corrected chi connectivity index (χ4v) is 9.84. The van der Waals surface area contributed by atoms with Crippen molar-refractivity contribution in [3.05, 3.63) is 85.1 Å². The molecule has 0 N–H and O–H groups in total. The highest BCUT2D eigenvalue weighted by molar-refractivity contribution is 5.71. The lowest BCUT2D eigenvalue weighted by Crippen LogP contribution is -2.30. The number of unbranched alkanes of at least 4 members (excludes halogenated alkanes) is 37. The molecule has 0 aromatic carbocycles. The van der Waals surface area contributed by atoms with Crippen LogP contribution in [0.5, 0.6) is 0 Å². The van der Waals surface area contributed by atoms with Gasteiger partial charge in [0.2, 0.25) is 0 Å². The number of esters is 3. The van der Waals surface area contributed by atoms with E-state index in [1.807, 2.05) is 0 Å². The molecule has 0 fully saturated rings. The van der Waals surface area contributed by atoms with Crippen molar-refractivity contribution in [3.8, 4) is 0 Å². The maximum Gasteiger partial charge on any atom is 0.306 e. The van der Waals surface area contributed by atoms with Crippen molar-refractivity contribution in [1.82, 2.24) is 0 Å².